The molecule has 1 saturated heterocycles. The van der Waals surface area contributed by atoms with Crippen molar-refractivity contribution >= 4 is 11.9 Å². The molecule has 6 heteroatoms. The maximum Gasteiger partial charge on any atom is 0.303 e. The Kier molecular flexibility index (Phi) is 6.57. The summed E-state index contributed by atoms with van der Waals surface area (Å²) in [5, 5.41) is 14.5. The lowest BCUT2D eigenvalue weighted by atomic mass is 10.2. The van der Waals surface area contributed by atoms with Gasteiger partial charge in [0.05, 0.1) is 13.2 Å². The highest BCUT2D eigenvalue weighted by atomic mass is 16.5. The number of carboxylic acid groups (broad SMARTS) is 1. The first-order valence-electron chi connectivity index (χ1n) is 5.98. The molecule has 1 atom stereocenters. The standard InChI is InChI=1S/C11H20N2O4/c14-10(2-1-3-11(15)16)13-5-4-9-8-17-7-6-12-9/h9,12H,1-8H2,(H,13,14)(H,15,16). The summed E-state index contributed by atoms with van der Waals surface area (Å²) in [5.41, 5.74) is 0. The molecule has 0 aliphatic carbocycles. The third kappa shape index (κ3) is 6.91. The Bertz CT molecular complexity index is 252. The number of carbonyl (C=O) groups excluding carboxylic acids is 1. The molecule has 0 aromatic carbocycles. The maximum absolute atomic E-state index is 11.3. The Morgan fingerprint density at radius 2 is 2.24 bits per heavy atom. The summed E-state index contributed by atoms with van der Waals surface area (Å²) >= 11 is 0. The monoisotopic (exact) mass is 244 g/mol. The highest BCUT2D eigenvalue weighted by Crippen LogP contribution is 1.98. The molecule has 0 aromatic heterocycles. The van der Waals surface area contributed by atoms with Crippen molar-refractivity contribution in [2.45, 2.75) is 31.7 Å². The van der Waals surface area contributed by atoms with E-state index >= 15 is 0 Å². The molecule has 0 aromatic rings. The van der Waals surface area contributed by atoms with Crippen molar-refractivity contribution in [2.24, 2.45) is 0 Å². The van der Waals surface area contributed by atoms with Crippen LogP contribution < -0.4 is 10.6 Å². The minimum atomic E-state index is -0.860. The van der Waals surface area contributed by atoms with Gasteiger partial charge in [0.2, 0.25) is 5.91 Å². The van der Waals surface area contributed by atoms with Gasteiger partial charge >= 0.3 is 5.97 Å². The number of carboxylic acids is 1. The zero-order valence-corrected chi connectivity index (χ0v) is 9.91. The number of rotatable bonds is 7. The van der Waals surface area contributed by atoms with Gasteiger partial charge in [-0.05, 0) is 12.8 Å². The van der Waals surface area contributed by atoms with Crippen LogP contribution in [0, 0.1) is 0 Å². The molecule has 1 heterocycles. The highest BCUT2D eigenvalue weighted by Gasteiger charge is 2.12. The van der Waals surface area contributed by atoms with E-state index in [-0.39, 0.29) is 18.7 Å². The summed E-state index contributed by atoms with van der Waals surface area (Å²) in [4.78, 5) is 21.6. The van der Waals surface area contributed by atoms with E-state index in [1.54, 1.807) is 0 Å². The Balaban J connectivity index is 1.97. The first kappa shape index (κ1) is 13.9. The summed E-state index contributed by atoms with van der Waals surface area (Å²) in [7, 11) is 0. The van der Waals surface area contributed by atoms with Gasteiger partial charge in [-0.2, -0.15) is 0 Å². The Labute approximate surface area is 101 Å². The van der Waals surface area contributed by atoms with Crippen LogP contribution in [-0.4, -0.2) is 49.3 Å². The summed E-state index contributed by atoms with van der Waals surface area (Å²) in [6.07, 6.45) is 1.56. The number of ether oxygens (including phenoxy) is 1. The number of aliphatic carboxylic acids is 1. The zero-order valence-electron chi connectivity index (χ0n) is 9.91. The van der Waals surface area contributed by atoms with Gasteiger partial charge in [0.15, 0.2) is 0 Å². The van der Waals surface area contributed by atoms with E-state index in [0.29, 0.717) is 25.6 Å². The molecule has 1 aliphatic heterocycles. The van der Waals surface area contributed by atoms with Gasteiger partial charge in [0.25, 0.3) is 0 Å². The van der Waals surface area contributed by atoms with E-state index in [1.807, 2.05) is 0 Å². The van der Waals surface area contributed by atoms with Crippen molar-refractivity contribution in [2.75, 3.05) is 26.3 Å². The van der Waals surface area contributed by atoms with Crippen LogP contribution in [0.2, 0.25) is 0 Å². The molecule has 17 heavy (non-hydrogen) atoms. The average Bonchev–Trinajstić information content (AvgIpc) is 2.30. The van der Waals surface area contributed by atoms with Gasteiger partial charge in [-0.3, -0.25) is 9.59 Å². The quantitative estimate of drug-likeness (QED) is 0.574. The molecule has 0 saturated carbocycles. The predicted octanol–water partition coefficient (Wildman–Crippen LogP) is -0.264. The molecular weight excluding hydrogens is 224 g/mol. The second-order valence-corrected chi connectivity index (χ2v) is 4.11. The smallest absolute Gasteiger partial charge is 0.303 e. The van der Waals surface area contributed by atoms with Gasteiger partial charge in [0, 0.05) is 32.0 Å². The minimum absolute atomic E-state index is 0.0471. The number of hydrogen-bond acceptors (Lipinski definition) is 4. The molecule has 3 N–H and O–H groups in total. The van der Waals surface area contributed by atoms with Gasteiger partial charge < -0.3 is 20.5 Å². The van der Waals surface area contributed by atoms with Crippen molar-refractivity contribution < 1.29 is 19.4 Å². The normalized spacial score (nSPS) is 19.9. The van der Waals surface area contributed by atoms with E-state index < -0.39 is 5.97 Å². The van der Waals surface area contributed by atoms with Crippen LogP contribution in [0.3, 0.4) is 0 Å². The van der Waals surface area contributed by atoms with Crippen molar-refractivity contribution in [3.8, 4) is 0 Å². The van der Waals surface area contributed by atoms with E-state index in [2.05, 4.69) is 10.6 Å². The summed E-state index contributed by atoms with van der Waals surface area (Å²) in [6, 6.07) is 0.308. The zero-order chi connectivity index (χ0) is 12.5. The number of hydrogen-bond donors (Lipinski definition) is 3. The fraction of sp³-hybridized carbons (Fsp3) is 0.818. The van der Waals surface area contributed by atoms with E-state index in [9.17, 15) is 9.59 Å². The first-order chi connectivity index (χ1) is 8.18. The molecule has 1 amide bonds. The van der Waals surface area contributed by atoms with Crippen LogP contribution in [-0.2, 0) is 14.3 Å². The second kappa shape index (κ2) is 8.03. The molecule has 0 bridgehead atoms. The largest absolute Gasteiger partial charge is 0.481 e. The van der Waals surface area contributed by atoms with Crippen LogP contribution in [0.1, 0.15) is 25.7 Å². The van der Waals surface area contributed by atoms with Crippen LogP contribution in [0.15, 0.2) is 0 Å². The van der Waals surface area contributed by atoms with Crippen molar-refractivity contribution in [1.82, 2.24) is 10.6 Å². The summed E-state index contributed by atoms with van der Waals surface area (Å²) < 4.78 is 5.29. The lowest BCUT2D eigenvalue weighted by Crippen LogP contribution is -2.43. The summed E-state index contributed by atoms with van der Waals surface area (Å²) in [5.74, 6) is -0.940. The Morgan fingerprint density at radius 3 is 2.88 bits per heavy atom. The average molecular weight is 244 g/mol. The topological polar surface area (TPSA) is 87.7 Å². The van der Waals surface area contributed by atoms with Gasteiger partial charge in [-0.1, -0.05) is 0 Å². The minimum Gasteiger partial charge on any atom is -0.481 e. The predicted molar refractivity (Wildman–Crippen MR) is 61.7 cm³/mol. The molecule has 1 rings (SSSR count). The van der Waals surface area contributed by atoms with Gasteiger partial charge in [0.1, 0.15) is 0 Å². The molecule has 0 radical (unpaired) electrons. The second-order valence-electron chi connectivity index (χ2n) is 4.11. The van der Waals surface area contributed by atoms with E-state index in [0.717, 1.165) is 19.6 Å². The van der Waals surface area contributed by atoms with Crippen molar-refractivity contribution in [3.63, 3.8) is 0 Å². The van der Waals surface area contributed by atoms with Crippen LogP contribution in [0.4, 0.5) is 0 Å². The first-order valence-corrected chi connectivity index (χ1v) is 5.98. The lowest BCUT2D eigenvalue weighted by molar-refractivity contribution is -0.137. The van der Waals surface area contributed by atoms with Crippen LogP contribution in [0.25, 0.3) is 0 Å². The van der Waals surface area contributed by atoms with Crippen LogP contribution in [0.5, 0.6) is 0 Å². The molecule has 1 unspecified atom stereocenters. The molecule has 0 spiro atoms. The Hall–Kier alpha value is -1.14. The lowest BCUT2D eigenvalue weighted by Gasteiger charge is -2.23. The summed E-state index contributed by atoms with van der Waals surface area (Å²) in [6.45, 7) is 2.90. The SMILES string of the molecule is O=C(O)CCCC(=O)NCCC1COCCN1. The van der Waals surface area contributed by atoms with Gasteiger partial charge in [-0.15, -0.1) is 0 Å². The number of carbonyl (C=O) groups is 2. The highest BCUT2D eigenvalue weighted by molar-refractivity contribution is 5.76. The molecule has 1 fully saturated rings. The Morgan fingerprint density at radius 1 is 1.41 bits per heavy atom. The number of morpholine rings is 1. The van der Waals surface area contributed by atoms with E-state index in [4.69, 9.17) is 9.84 Å². The number of amides is 1. The molecule has 6 nitrogen and oxygen atoms in total. The number of nitrogens with one attached hydrogen (secondary N) is 2. The third-order valence-corrected chi connectivity index (χ3v) is 2.61. The van der Waals surface area contributed by atoms with Gasteiger partial charge in [-0.25, -0.2) is 0 Å². The van der Waals surface area contributed by atoms with Crippen molar-refractivity contribution in [1.29, 1.82) is 0 Å². The third-order valence-electron chi connectivity index (χ3n) is 2.61. The molecule has 98 valence electrons. The maximum atomic E-state index is 11.3. The fourth-order valence-corrected chi connectivity index (χ4v) is 1.68. The molecular formula is C11H20N2O4. The fourth-order valence-electron chi connectivity index (χ4n) is 1.68. The van der Waals surface area contributed by atoms with Crippen LogP contribution >= 0.6 is 0 Å². The van der Waals surface area contributed by atoms with Crippen molar-refractivity contribution in [3.05, 3.63) is 0 Å². The molecule has 1 aliphatic rings. The van der Waals surface area contributed by atoms with E-state index in [1.165, 1.54) is 0 Å².